The summed E-state index contributed by atoms with van der Waals surface area (Å²) in [5.41, 5.74) is 1.17. The Kier molecular flexibility index (Phi) is 3.10. The molecule has 0 saturated heterocycles. The monoisotopic (exact) mass is 240 g/mol. The van der Waals surface area contributed by atoms with E-state index >= 15 is 0 Å². The zero-order chi connectivity index (χ0) is 9.97. The number of rotatable bonds is 2. The molecule has 0 saturated carbocycles. The molecule has 0 amide bonds. The van der Waals surface area contributed by atoms with Crippen molar-refractivity contribution in [3.63, 3.8) is 0 Å². The lowest BCUT2D eigenvalue weighted by Gasteiger charge is -2.00. The average molecular weight is 240 g/mol. The van der Waals surface area contributed by atoms with Gasteiger partial charge in [-0.15, -0.1) is 35.5 Å². The molecule has 14 heavy (non-hydrogen) atoms. The maximum Gasteiger partial charge on any atom is 0.171 e. The molecule has 1 heterocycles. The van der Waals surface area contributed by atoms with Crippen molar-refractivity contribution in [3.8, 4) is 0 Å². The third-order valence-electron chi connectivity index (χ3n) is 1.79. The summed E-state index contributed by atoms with van der Waals surface area (Å²) in [5, 5.41) is 8.83. The Hall–Kier alpha value is -0.520. The van der Waals surface area contributed by atoms with Crippen LogP contribution in [0.2, 0.25) is 0 Å². The molecule has 0 radical (unpaired) electrons. The normalized spacial score (nSPS) is 10.4. The van der Waals surface area contributed by atoms with Crippen molar-refractivity contribution >= 4 is 36.6 Å². The second-order valence-electron chi connectivity index (χ2n) is 2.78. The highest BCUT2D eigenvalue weighted by Crippen LogP contribution is 2.20. The van der Waals surface area contributed by atoms with Crippen molar-refractivity contribution in [3.05, 3.63) is 34.8 Å². The van der Waals surface area contributed by atoms with Crippen LogP contribution in [0.3, 0.4) is 0 Å². The standard InChI is InChI=1S/C9H8N2S3/c12-7-4-2-1-3-6(7)5-8-10-11-9(13)14-8/h1-4,12H,5H2,(H,11,13). The Morgan fingerprint density at radius 2 is 1.93 bits per heavy atom. The average Bonchev–Trinajstić information content (AvgIpc) is 2.56. The lowest BCUT2D eigenvalue weighted by Crippen LogP contribution is -1.88. The highest BCUT2D eigenvalue weighted by Gasteiger charge is 2.04. The fraction of sp³-hybridized carbons (Fsp3) is 0.111. The Morgan fingerprint density at radius 3 is 2.57 bits per heavy atom. The second kappa shape index (κ2) is 4.33. The molecule has 0 bridgehead atoms. The lowest BCUT2D eigenvalue weighted by atomic mass is 10.2. The summed E-state index contributed by atoms with van der Waals surface area (Å²) in [4.78, 5) is 0.989. The van der Waals surface area contributed by atoms with Crippen molar-refractivity contribution in [1.82, 2.24) is 10.2 Å². The minimum atomic E-state index is 0.705. The number of thiol groups is 2. The first-order valence-electron chi connectivity index (χ1n) is 4.04. The van der Waals surface area contributed by atoms with Gasteiger partial charge in [0.1, 0.15) is 5.01 Å². The fourth-order valence-electron chi connectivity index (χ4n) is 1.14. The van der Waals surface area contributed by atoms with E-state index in [1.165, 1.54) is 16.9 Å². The van der Waals surface area contributed by atoms with E-state index in [1.807, 2.05) is 24.3 Å². The molecule has 0 N–H and O–H groups in total. The Balaban J connectivity index is 2.23. The topological polar surface area (TPSA) is 25.8 Å². The predicted octanol–water partition coefficient (Wildman–Crippen LogP) is 2.71. The Labute approximate surface area is 97.2 Å². The molecular formula is C9H8N2S3. The van der Waals surface area contributed by atoms with Crippen molar-refractivity contribution in [2.45, 2.75) is 15.7 Å². The minimum Gasteiger partial charge on any atom is -0.143 e. The molecule has 2 rings (SSSR count). The fourth-order valence-corrected chi connectivity index (χ4v) is 2.34. The van der Waals surface area contributed by atoms with Crippen molar-refractivity contribution in [2.24, 2.45) is 0 Å². The van der Waals surface area contributed by atoms with Crippen LogP contribution in [0.5, 0.6) is 0 Å². The molecule has 0 fully saturated rings. The molecule has 5 heteroatoms. The van der Waals surface area contributed by atoms with Crippen LogP contribution < -0.4 is 0 Å². The first kappa shape index (κ1) is 10.0. The smallest absolute Gasteiger partial charge is 0.143 e. The molecule has 0 unspecified atom stereocenters. The molecule has 0 aliphatic heterocycles. The largest absolute Gasteiger partial charge is 0.171 e. The highest BCUT2D eigenvalue weighted by molar-refractivity contribution is 7.82. The van der Waals surface area contributed by atoms with Gasteiger partial charge in [-0.25, -0.2) is 0 Å². The summed E-state index contributed by atoms with van der Waals surface area (Å²) in [5.74, 6) is 0. The van der Waals surface area contributed by atoms with Gasteiger partial charge in [0.25, 0.3) is 0 Å². The van der Waals surface area contributed by atoms with E-state index in [1.54, 1.807) is 0 Å². The number of nitrogens with zero attached hydrogens (tertiary/aromatic N) is 2. The first-order chi connectivity index (χ1) is 6.75. The third kappa shape index (κ3) is 2.29. The minimum absolute atomic E-state index is 0.705. The van der Waals surface area contributed by atoms with Crippen LogP contribution in [-0.4, -0.2) is 10.2 Å². The van der Waals surface area contributed by atoms with E-state index in [4.69, 9.17) is 0 Å². The van der Waals surface area contributed by atoms with Crippen LogP contribution in [-0.2, 0) is 6.42 Å². The van der Waals surface area contributed by atoms with Gasteiger partial charge in [0, 0.05) is 11.3 Å². The maximum absolute atomic E-state index is 4.37. The van der Waals surface area contributed by atoms with E-state index in [2.05, 4.69) is 35.5 Å². The number of benzene rings is 1. The van der Waals surface area contributed by atoms with Crippen LogP contribution in [0.25, 0.3) is 0 Å². The molecule has 72 valence electrons. The zero-order valence-corrected chi connectivity index (χ0v) is 9.82. The number of hydrogen-bond donors (Lipinski definition) is 2. The van der Waals surface area contributed by atoms with Crippen molar-refractivity contribution in [2.75, 3.05) is 0 Å². The van der Waals surface area contributed by atoms with Crippen molar-refractivity contribution < 1.29 is 0 Å². The molecule has 2 nitrogen and oxygen atoms in total. The summed E-state index contributed by atoms with van der Waals surface area (Å²) in [7, 11) is 0. The molecule has 0 aliphatic rings. The van der Waals surface area contributed by atoms with Gasteiger partial charge >= 0.3 is 0 Å². The molecule has 0 aliphatic carbocycles. The SMILES string of the molecule is Sc1nnc(Cc2ccccc2S)s1. The molecule has 2 aromatic rings. The summed E-state index contributed by atoms with van der Waals surface area (Å²) < 4.78 is 0.705. The van der Waals surface area contributed by atoms with Gasteiger partial charge in [-0.3, -0.25) is 0 Å². The maximum atomic E-state index is 4.37. The van der Waals surface area contributed by atoms with Crippen LogP contribution >= 0.6 is 36.6 Å². The first-order valence-corrected chi connectivity index (χ1v) is 5.75. The van der Waals surface area contributed by atoms with Crippen LogP contribution in [0.4, 0.5) is 0 Å². The van der Waals surface area contributed by atoms with Crippen LogP contribution in [0, 0.1) is 0 Å². The van der Waals surface area contributed by atoms with Gasteiger partial charge in [0.2, 0.25) is 0 Å². The van der Waals surface area contributed by atoms with E-state index in [0.29, 0.717) is 4.34 Å². The highest BCUT2D eigenvalue weighted by atomic mass is 32.2. The van der Waals surface area contributed by atoms with Gasteiger partial charge in [-0.05, 0) is 11.6 Å². The summed E-state index contributed by atoms with van der Waals surface area (Å²) in [6, 6.07) is 7.98. The third-order valence-corrected chi connectivity index (χ3v) is 3.31. The molecule has 1 aromatic heterocycles. The number of hydrogen-bond acceptors (Lipinski definition) is 5. The quantitative estimate of drug-likeness (QED) is 0.789. The van der Waals surface area contributed by atoms with E-state index in [0.717, 1.165) is 16.3 Å². The van der Waals surface area contributed by atoms with Gasteiger partial charge in [0.15, 0.2) is 4.34 Å². The predicted molar refractivity (Wildman–Crippen MR) is 63.7 cm³/mol. The van der Waals surface area contributed by atoms with Gasteiger partial charge in [-0.1, -0.05) is 29.5 Å². The van der Waals surface area contributed by atoms with Crippen LogP contribution in [0.15, 0.2) is 33.5 Å². The van der Waals surface area contributed by atoms with Gasteiger partial charge in [0.05, 0.1) is 0 Å². The molecule has 0 spiro atoms. The Morgan fingerprint density at radius 1 is 1.14 bits per heavy atom. The molecule has 1 aromatic carbocycles. The molecule has 0 atom stereocenters. The lowest BCUT2D eigenvalue weighted by molar-refractivity contribution is 0.952. The number of aromatic nitrogens is 2. The van der Waals surface area contributed by atoms with E-state index in [-0.39, 0.29) is 0 Å². The summed E-state index contributed by atoms with van der Waals surface area (Å²) in [6.07, 6.45) is 0.776. The van der Waals surface area contributed by atoms with E-state index in [9.17, 15) is 0 Å². The van der Waals surface area contributed by atoms with Crippen LogP contribution in [0.1, 0.15) is 10.6 Å². The second-order valence-corrected chi connectivity index (χ2v) is 5.05. The van der Waals surface area contributed by atoms with Gasteiger partial charge in [-0.2, -0.15) is 0 Å². The zero-order valence-electron chi connectivity index (χ0n) is 7.21. The summed E-state index contributed by atoms with van der Waals surface area (Å²) >= 11 is 9.99. The molecular weight excluding hydrogens is 232 g/mol. The van der Waals surface area contributed by atoms with Gasteiger partial charge < -0.3 is 0 Å². The summed E-state index contributed by atoms with van der Waals surface area (Å²) in [6.45, 7) is 0. The van der Waals surface area contributed by atoms with Crippen molar-refractivity contribution in [1.29, 1.82) is 0 Å². The Bertz CT molecular complexity index is 439. The van der Waals surface area contributed by atoms with E-state index < -0.39 is 0 Å².